The van der Waals surface area contributed by atoms with E-state index in [1.165, 1.54) is 12.1 Å². The van der Waals surface area contributed by atoms with Crippen molar-refractivity contribution in [2.24, 2.45) is 0 Å². The zero-order chi connectivity index (χ0) is 23.0. The van der Waals surface area contributed by atoms with Gasteiger partial charge in [0.25, 0.3) is 11.4 Å². The van der Waals surface area contributed by atoms with Crippen LogP contribution in [-0.2, 0) is 9.59 Å². The van der Waals surface area contributed by atoms with Gasteiger partial charge in [-0.3, -0.25) is 4.79 Å². The number of hydrogen-bond acceptors (Lipinski definition) is 7. The molecule has 1 N–H and O–H groups in total. The SMILES string of the molecule is CCCOc1ncccc1Oc1cc(-n2c(=O)cc(C)[nH]c2=O)c(F)cc1Cl.O=C=O. The number of aromatic amines is 1. The second-order valence-electron chi connectivity index (χ2n) is 6.01. The highest BCUT2D eigenvalue weighted by Crippen LogP contribution is 2.35. The van der Waals surface area contributed by atoms with E-state index >= 15 is 0 Å². The maximum Gasteiger partial charge on any atom is 0.373 e. The van der Waals surface area contributed by atoms with Crippen LogP contribution in [0.25, 0.3) is 5.69 Å². The number of hydrogen-bond donors (Lipinski definition) is 1. The lowest BCUT2D eigenvalue weighted by atomic mass is 10.2. The summed E-state index contributed by atoms with van der Waals surface area (Å²) in [6, 6.07) is 6.60. The minimum absolute atomic E-state index is 0.0388. The van der Waals surface area contributed by atoms with Gasteiger partial charge >= 0.3 is 11.8 Å². The molecule has 3 aromatic rings. The number of aryl methyl sites for hydroxylation is 1. The zero-order valence-corrected chi connectivity index (χ0v) is 17.2. The predicted molar refractivity (Wildman–Crippen MR) is 107 cm³/mol. The molecule has 0 aliphatic carbocycles. The lowest BCUT2D eigenvalue weighted by Crippen LogP contribution is -2.34. The molecule has 11 heteroatoms. The minimum atomic E-state index is -0.845. The Morgan fingerprint density at radius 1 is 1.23 bits per heavy atom. The van der Waals surface area contributed by atoms with Crippen molar-refractivity contribution < 1.29 is 23.5 Å². The summed E-state index contributed by atoms with van der Waals surface area (Å²) in [5.74, 6) is -0.293. The number of pyridine rings is 1. The molecule has 0 bridgehead atoms. The summed E-state index contributed by atoms with van der Waals surface area (Å²) >= 11 is 6.10. The van der Waals surface area contributed by atoms with Gasteiger partial charge in [-0.05, 0) is 31.5 Å². The van der Waals surface area contributed by atoms with Gasteiger partial charge in [0.05, 0.1) is 17.3 Å². The maximum absolute atomic E-state index is 14.5. The van der Waals surface area contributed by atoms with Crippen LogP contribution in [0.15, 0.2) is 46.1 Å². The number of ether oxygens (including phenoxy) is 2. The van der Waals surface area contributed by atoms with Gasteiger partial charge in [0.2, 0.25) is 0 Å². The van der Waals surface area contributed by atoms with Gasteiger partial charge in [-0.2, -0.15) is 9.59 Å². The molecular weight excluding hydrogens is 433 g/mol. The van der Waals surface area contributed by atoms with Crippen molar-refractivity contribution >= 4 is 17.8 Å². The normalized spacial score (nSPS) is 9.94. The second-order valence-corrected chi connectivity index (χ2v) is 6.41. The van der Waals surface area contributed by atoms with Crippen LogP contribution in [0.4, 0.5) is 4.39 Å². The summed E-state index contributed by atoms with van der Waals surface area (Å²) in [7, 11) is 0. The smallest absolute Gasteiger partial charge is 0.373 e. The van der Waals surface area contributed by atoms with Crippen LogP contribution in [0.3, 0.4) is 0 Å². The maximum atomic E-state index is 14.5. The van der Waals surface area contributed by atoms with Crippen molar-refractivity contribution in [3.63, 3.8) is 0 Å². The molecule has 0 aliphatic heterocycles. The minimum Gasteiger partial charge on any atom is -0.475 e. The second kappa shape index (κ2) is 10.9. The summed E-state index contributed by atoms with van der Waals surface area (Å²) in [6.07, 6.45) is 2.57. The van der Waals surface area contributed by atoms with E-state index in [9.17, 15) is 14.0 Å². The molecule has 3 rings (SSSR count). The highest BCUT2D eigenvalue weighted by atomic mass is 35.5. The number of H-pyrrole nitrogens is 1. The van der Waals surface area contributed by atoms with Gasteiger partial charge < -0.3 is 14.5 Å². The molecule has 1 aromatic carbocycles. The van der Waals surface area contributed by atoms with Crippen molar-refractivity contribution in [3.05, 3.63) is 73.9 Å². The Labute approximate surface area is 180 Å². The first-order valence-corrected chi connectivity index (χ1v) is 9.27. The van der Waals surface area contributed by atoms with Crippen molar-refractivity contribution in [3.8, 4) is 23.1 Å². The molecule has 0 radical (unpaired) electrons. The number of carbonyl (C=O) groups excluding carboxylic acids is 2. The summed E-state index contributed by atoms with van der Waals surface area (Å²) in [4.78, 5) is 47.2. The topological polar surface area (TPSA) is 120 Å². The Morgan fingerprint density at radius 2 is 1.94 bits per heavy atom. The molecule has 9 nitrogen and oxygen atoms in total. The van der Waals surface area contributed by atoms with Crippen LogP contribution in [-0.4, -0.2) is 27.3 Å². The molecule has 0 fully saturated rings. The van der Waals surface area contributed by atoms with Gasteiger partial charge in [0.15, 0.2) is 5.75 Å². The third-order valence-corrected chi connectivity index (χ3v) is 4.00. The Kier molecular flexibility index (Phi) is 8.25. The Bertz CT molecular complexity index is 1190. The summed E-state index contributed by atoms with van der Waals surface area (Å²) < 4.78 is 26.4. The van der Waals surface area contributed by atoms with Gasteiger partial charge in [0, 0.05) is 24.0 Å². The van der Waals surface area contributed by atoms with Crippen LogP contribution >= 0.6 is 11.6 Å². The van der Waals surface area contributed by atoms with E-state index in [2.05, 4.69) is 9.97 Å². The molecule has 31 heavy (non-hydrogen) atoms. The third kappa shape index (κ3) is 5.88. The number of rotatable bonds is 6. The van der Waals surface area contributed by atoms with Crippen LogP contribution in [0, 0.1) is 12.7 Å². The number of nitrogens with one attached hydrogen (secondary N) is 1. The Morgan fingerprint density at radius 3 is 2.58 bits per heavy atom. The van der Waals surface area contributed by atoms with Crippen LogP contribution < -0.4 is 20.7 Å². The molecule has 2 aromatic heterocycles. The number of aromatic nitrogens is 3. The molecular formula is C20H17ClFN3O6. The molecule has 2 heterocycles. The quantitative estimate of drug-likeness (QED) is 0.614. The Hall–Kier alpha value is -3.75. The largest absolute Gasteiger partial charge is 0.475 e. The summed E-state index contributed by atoms with van der Waals surface area (Å²) in [6.45, 7) is 3.94. The molecule has 0 spiro atoms. The first-order chi connectivity index (χ1) is 14.8. The fourth-order valence-corrected chi connectivity index (χ4v) is 2.67. The summed E-state index contributed by atoms with van der Waals surface area (Å²) in [5.41, 5.74) is -1.37. The predicted octanol–water partition coefficient (Wildman–Crippen LogP) is 3.02. The fraction of sp³-hybridized carbons (Fsp3) is 0.200. The lowest BCUT2D eigenvalue weighted by molar-refractivity contribution is -0.191. The molecule has 0 amide bonds. The summed E-state index contributed by atoms with van der Waals surface area (Å²) in [5, 5.41) is -0.0388. The van der Waals surface area contributed by atoms with E-state index in [1.54, 1.807) is 25.3 Å². The van der Waals surface area contributed by atoms with Crippen molar-refractivity contribution in [2.45, 2.75) is 20.3 Å². The van der Waals surface area contributed by atoms with Gasteiger partial charge in [-0.15, -0.1) is 0 Å². The highest BCUT2D eigenvalue weighted by molar-refractivity contribution is 6.32. The van der Waals surface area contributed by atoms with Crippen molar-refractivity contribution in [2.75, 3.05) is 6.61 Å². The standard InChI is InChI=1S/C19H17ClFN3O4.CO2/c1-3-7-27-18-15(5-4-6-22-18)28-16-10-14(13(21)9-12(16)20)24-17(25)8-11(2)23-19(24)26;2-1-3/h4-6,8-10H,3,7H2,1-2H3,(H,23,26);. The van der Waals surface area contributed by atoms with E-state index in [-0.39, 0.29) is 34.2 Å². The average Bonchev–Trinajstić information content (AvgIpc) is 2.70. The van der Waals surface area contributed by atoms with Crippen LogP contribution in [0.2, 0.25) is 5.02 Å². The van der Waals surface area contributed by atoms with Gasteiger partial charge in [0.1, 0.15) is 11.6 Å². The fourth-order valence-electron chi connectivity index (χ4n) is 2.49. The van der Waals surface area contributed by atoms with E-state index < -0.39 is 17.1 Å². The zero-order valence-electron chi connectivity index (χ0n) is 16.5. The molecule has 162 valence electrons. The van der Waals surface area contributed by atoms with Gasteiger partial charge in [-0.25, -0.2) is 18.7 Å². The number of nitrogens with zero attached hydrogens (tertiary/aromatic N) is 2. The first-order valence-electron chi connectivity index (χ1n) is 8.89. The van der Waals surface area contributed by atoms with Crippen LogP contribution in [0.1, 0.15) is 19.0 Å². The molecule has 0 saturated heterocycles. The number of benzene rings is 1. The molecule has 0 aliphatic rings. The van der Waals surface area contributed by atoms with E-state index in [0.29, 0.717) is 16.9 Å². The van der Waals surface area contributed by atoms with Crippen molar-refractivity contribution in [1.29, 1.82) is 0 Å². The van der Waals surface area contributed by atoms with E-state index in [0.717, 1.165) is 12.5 Å². The third-order valence-electron chi connectivity index (χ3n) is 3.71. The monoisotopic (exact) mass is 449 g/mol. The molecule has 0 saturated carbocycles. The first kappa shape index (κ1) is 23.5. The van der Waals surface area contributed by atoms with Crippen LogP contribution in [0.5, 0.6) is 17.4 Å². The molecule has 0 atom stereocenters. The van der Waals surface area contributed by atoms with E-state index in [1.807, 2.05) is 6.92 Å². The van der Waals surface area contributed by atoms with Crippen molar-refractivity contribution in [1.82, 2.24) is 14.5 Å². The lowest BCUT2D eigenvalue weighted by Gasteiger charge is -2.14. The average molecular weight is 450 g/mol. The highest BCUT2D eigenvalue weighted by Gasteiger charge is 2.17. The van der Waals surface area contributed by atoms with Gasteiger partial charge in [-0.1, -0.05) is 18.5 Å². The molecule has 0 unspecified atom stereocenters. The Balaban J connectivity index is 0.00000107. The number of halogens is 2. The van der Waals surface area contributed by atoms with E-state index in [4.69, 9.17) is 30.7 Å².